The third-order valence-corrected chi connectivity index (χ3v) is 1.67. The number of benzene rings is 1. The molecule has 13 heavy (non-hydrogen) atoms. The van der Waals surface area contributed by atoms with Crippen LogP contribution < -0.4 is 10.5 Å². The molecule has 1 aromatic rings. The first-order chi connectivity index (χ1) is 6.27. The summed E-state index contributed by atoms with van der Waals surface area (Å²) < 4.78 is 4.98. The van der Waals surface area contributed by atoms with Gasteiger partial charge in [0.1, 0.15) is 12.0 Å². The second kappa shape index (κ2) is 4.30. The Hall–Kier alpha value is -1.77. The molecule has 2 N–H and O–H groups in total. The van der Waals surface area contributed by atoms with Crippen LogP contribution in [0.1, 0.15) is 5.56 Å². The minimum absolute atomic E-state index is 0.456. The van der Waals surface area contributed by atoms with Crippen LogP contribution in [-0.4, -0.2) is 13.4 Å². The van der Waals surface area contributed by atoms with E-state index >= 15 is 0 Å². The van der Waals surface area contributed by atoms with E-state index in [0.717, 1.165) is 11.3 Å². The minimum atomic E-state index is 0.456. The third kappa shape index (κ3) is 2.33. The number of methoxy groups -OCH3 is 1. The highest BCUT2D eigenvalue weighted by molar-refractivity contribution is 5.80. The van der Waals surface area contributed by atoms with E-state index in [1.807, 2.05) is 0 Å². The average molecular weight is 177 g/mol. The molecular formula is C10H11NO2. The van der Waals surface area contributed by atoms with Crippen LogP contribution in [0.15, 0.2) is 30.3 Å². The maximum absolute atomic E-state index is 10.1. The number of hydrogen-bond acceptors (Lipinski definition) is 3. The molecular weight excluding hydrogens is 166 g/mol. The standard InChI is InChI=1S/C10H11NO2/c1-13-9-4-2-8(3-5-9)10(11)6-7-12/h2-7H,11H2,1H3/b10-6-. The number of hydrogen-bond donors (Lipinski definition) is 1. The first-order valence-corrected chi connectivity index (χ1v) is 3.83. The van der Waals surface area contributed by atoms with Crippen molar-refractivity contribution in [3.8, 4) is 5.75 Å². The van der Waals surface area contributed by atoms with E-state index in [9.17, 15) is 4.79 Å². The molecule has 0 amide bonds. The molecule has 1 rings (SSSR count). The van der Waals surface area contributed by atoms with Crippen LogP contribution in [0, 0.1) is 0 Å². The minimum Gasteiger partial charge on any atom is -0.497 e. The SMILES string of the molecule is COc1ccc(/C(N)=C/C=O)cc1. The van der Waals surface area contributed by atoms with Gasteiger partial charge >= 0.3 is 0 Å². The summed E-state index contributed by atoms with van der Waals surface area (Å²) in [6.45, 7) is 0. The van der Waals surface area contributed by atoms with Crippen LogP contribution in [0.25, 0.3) is 5.70 Å². The van der Waals surface area contributed by atoms with Crippen molar-refractivity contribution in [1.82, 2.24) is 0 Å². The lowest BCUT2D eigenvalue weighted by molar-refractivity contribution is -0.104. The Bertz CT molecular complexity index is 314. The summed E-state index contributed by atoms with van der Waals surface area (Å²) in [4.78, 5) is 10.1. The van der Waals surface area contributed by atoms with Crippen molar-refractivity contribution >= 4 is 12.0 Å². The lowest BCUT2D eigenvalue weighted by atomic mass is 10.1. The quantitative estimate of drug-likeness (QED) is 0.557. The van der Waals surface area contributed by atoms with Crippen molar-refractivity contribution in [3.63, 3.8) is 0 Å². The number of nitrogens with two attached hydrogens (primary N) is 1. The Morgan fingerprint density at radius 1 is 1.38 bits per heavy atom. The molecule has 0 saturated carbocycles. The fourth-order valence-electron chi connectivity index (χ4n) is 0.953. The molecule has 0 fully saturated rings. The van der Waals surface area contributed by atoms with E-state index in [2.05, 4.69) is 0 Å². The Kier molecular flexibility index (Phi) is 3.09. The van der Waals surface area contributed by atoms with Gasteiger partial charge in [-0.2, -0.15) is 0 Å². The zero-order valence-electron chi connectivity index (χ0n) is 7.36. The summed E-state index contributed by atoms with van der Waals surface area (Å²) in [5.74, 6) is 0.766. The van der Waals surface area contributed by atoms with E-state index < -0.39 is 0 Å². The van der Waals surface area contributed by atoms with E-state index in [-0.39, 0.29) is 0 Å². The summed E-state index contributed by atoms with van der Waals surface area (Å²) in [7, 11) is 1.60. The number of aldehydes is 1. The number of carbonyl (C=O) groups excluding carboxylic acids is 1. The second-order valence-electron chi connectivity index (χ2n) is 2.49. The zero-order valence-corrected chi connectivity index (χ0v) is 7.36. The van der Waals surface area contributed by atoms with Crippen LogP contribution in [0.4, 0.5) is 0 Å². The molecule has 0 aliphatic carbocycles. The fraction of sp³-hybridized carbons (Fsp3) is 0.100. The molecule has 1 aromatic carbocycles. The van der Waals surface area contributed by atoms with Crippen molar-refractivity contribution in [2.24, 2.45) is 5.73 Å². The molecule has 3 nitrogen and oxygen atoms in total. The summed E-state index contributed by atoms with van der Waals surface area (Å²) in [6, 6.07) is 7.18. The zero-order chi connectivity index (χ0) is 9.68. The van der Waals surface area contributed by atoms with Gasteiger partial charge < -0.3 is 10.5 Å². The summed E-state index contributed by atoms with van der Waals surface area (Å²) in [5, 5.41) is 0. The highest BCUT2D eigenvalue weighted by atomic mass is 16.5. The smallest absolute Gasteiger partial charge is 0.144 e. The third-order valence-electron chi connectivity index (χ3n) is 1.67. The summed E-state index contributed by atoms with van der Waals surface area (Å²) in [6.07, 6.45) is 1.99. The van der Waals surface area contributed by atoms with Crippen molar-refractivity contribution < 1.29 is 9.53 Å². The van der Waals surface area contributed by atoms with Crippen molar-refractivity contribution in [2.45, 2.75) is 0 Å². The van der Waals surface area contributed by atoms with Crippen LogP contribution in [0.2, 0.25) is 0 Å². The fourth-order valence-corrected chi connectivity index (χ4v) is 0.953. The van der Waals surface area contributed by atoms with Crippen LogP contribution >= 0.6 is 0 Å². The molecule has 0 aliphatic heterocycles. The number of carbonyl (C=O) groups is 1. The van der Waals surface area contributed by atoms with E-state index in [1.54, 1.807) is 31.4 Å². The summed E-state index contributed by atoms with van der Waals surface area (Å²) in [5.41, 5.74) is 6.86. The molecule has 68 valence electrons. The van der Waals surface area contributed by atoms with Gasteiger partial charge in [-0.05, 0) is 29.8 Å². The monoisotopic (exact) mass is 177 g/mol. The first kappa shape index (κ1) is 9.32. The lowest BCUT2D eigenvalue weighted by Crippen LogP contribution is -1.96. The van der Waals surface area contributed by atoms with Gasteiger partial charge in [-0.1, -0.05) is 0 Å². The highest BCUT2D eigenvalue weighted by Gasteiger charge is 1.95. The molecule has 0 bridgehead atoms. The Morgan fingerprint density at radius 2 is 2.00 bits per heavy atom. The molecule has 0 aliphatic rings. The Balaban J connectivity index is 2.91. The van der Waals surface area contributed by atoms with Gasteiger partial charge in [0.2, 0.25) is 0 Å². The number of ether oxygens (including phenoxy) is 1. The maximum Gasteiger partial charge on any atom is 0.144 e. The predicted molar refractivity (Wildman–Crippen MR) is 51.2 cm³/mol. The van der Waals surface area contributed by atoms with E-state index in [1.165, 1.54) is 6.08 Å². The van der Waals surface area contributed by atoms with Gasteiger partial charge in [0, 0.05) is 11.8 Å². The van der Waals surface area contributed by atoms with Crippen LogP contribution in [0.3, 0.4) is 0 Å². The van der Waals surface area contributed by atoms with Gasteiger partial charge in [0.05, 0.1) is 7.11 Å². The number of rotatable bonds is 3. The second-order valence-corrected chi connectivity index (χ2v) is 2.49. The molecule has 0 heterocycles. The molecule has 0 atom stereocenters. The topological polar surface area (TPSA) is 52.3 Å². The van der Waals surface area contributed by atoms with E-state index in [0.29, 0.717) is 12.0 Å². The van der Waals surface area contributed by atoms with Gasteiger partial charge in [-0.25, -0.2) is 0 Å². The largest absolute Gasteiger partial charge is 0.497 e. The Labute approximate surface area is 76.8 Å². The summed E-state index contributed by atoms with van der Waals surface area (Å²) >= 11 is 0. The highest BCUT2D eigenvalue weighted by Crippen LogP contribution is 2.14. The molecule has 0 spiro atoms. The van der Waals surface area contributed by atoms with Gasteiger partial charge in [0.25, 0.3) is 0 Å². The van der Waals surface area contributed by atoms with Gasteiger partial charge in [-0.15, -0.1) is 0 Å². The average Bonchev–Trinajstić information content (AvgIpc) is 2.18. The van der Waals surface area contributed by atoms with Crippen molar-refractivity contribution in [1.29, 1.82) is 0 Å². The van der Waals surface area contributed by atoms with Gasteiger partial charge in [-0.3, -0.25) is 4.79 Å². The van der Waals surface area contributed by atoms with Crippen LogP contribution in [-0.2, 0) is 4.79 Å². The molecule has 0 saturated heterocycles. The lowest BCUT2D eigenvalue weighted by Gasteiger charge is -2.02. The number of allylic oxidation sites excluding steroid dienone is 1. The normalized spacial score (nSPS) is 11.0. The van der Waals surface area contributed by atoms with E-state index in [4.69, 9.17) is 10.5 Å². The maximum atomic E-state index is 10.1. The molecule has 3 heteroatoms. The van der Waals surface area contributed by atoms with Crippen molar-refractivity contribution in [2.75, 3.05) is 7.11 Å². The van der Waals surface area contributed by atoms with Crippen LogP contribution in [0.5, 0.6) is 5.75 Å². The first-order valence-electron chi connectivity index (χ1n) is 3.83. The molecule has 0 radical (unpaired) electrons. The van der Waals surface area contributed by atoms with Crippen molar-refractivity contribution in [3.05, 3.63) is 35.9 Å². The van der Waals surface area contributed by atoms with Gasteiger partial charge in [0.15, 0.2) is 0 Å². The molecule has 0 aromatic heterocycles. The molecule has 0 unspecified atom stereocenters. The predicted octanol–water partition coefficient (Wildman–Crippen LogP) is 1.19. The Morgan fingerprint density at radius 3 is 2.46 bits per heavy atom.